The van der Waals surface area contributed by atoms with Crippen LogP contribution in [0.1, 0.15) is 17.3 Å². The number of nitrogen functional groups attached to an aromatic ring is 1. The van der Waals surface area contributed by atoms with Crippen LogP contribution in [0.4, 0.5) is 5.82 Å². The summed E-state index contributed by atoms with van der Waals surface area (Å²) in [6, 6.07) is 13.3. The molecule has 19 heavy (non-hydrogen) atoms. The summed E-state index contributed by atoms with van der Waals surface area (Å²) in [4.78, 5) is 8.49. The van der Waals surface area contributed by atoms with E-state index >= 15 is 0 Å². The lowest BCUT2D eigenvalue weighted by Crippen LogP contribution is -2.16. The highest BCUT2D eigenvalue weighted by Gasteiger charge is 2.16. The Morgan fingerprint density at radius 1 is 0.895 bits per heavy atom. The first-order valence-corrected chi connectivity index (χ1v) is 6.07. The molecule has 0 aliphatic heterocycles. The fraction of sp³-hybridized carbons (Fsp3) is 0.0667. The summed E-state index contributed by atoms with van der Waals surface area (Å²) < 4.78 is 0. The van der Waals surface area contributed by atoms with Crippen molar-refractivity contribution < 1.29 is 0 Å². The average Bonchev–Trinajstić information content (AvgIpc) is 2.46. The van der Waals surface area contributed by atoms with Crippen molar-refractivity contribution in [2.45, 2.75) is 6.04 Å². The highest BCUT2D eigenvalue weighted by Crippen LogP contribution is 2.27. The molecule has 2 aromatic heterocycles. The molecular formula is C15H14N4. The second-order valence-electron chi connectivity index (χ2n) is 4.37. The van der Waals surface area contributed by atoms with E-state index in [0.29, 0.717) is 5.82 Å². The van der Waals surface area contributed by atoms with Gasteiger partial charge < -0.3 is 11.5 Å². The van der Waals surface area contributed by atoms with Gasteiger partial charge in [0.25, 0.3) is 0 Å². The predicted molar refractivity (Wildman–Crippen MR) is 76.4 cm³/mol. The van der Waals surface area contributed by atoms with Gasteiger partial charge in [0, 0.05) is 23.3 Å². The molecule has 0 saturated heterocycles. The molecular weight excluding hydrogens is 236 g/mol. The van der Waals surface area contributed by atoms with Gasteiger partial charge >= 0.3 is 0 Å². The van der Waals surface area contributed by atoms with Crippen LogP contribution in [-0.2, 0) is 0 Å². The number of nitrogens with two attached hydrogens (primary N) is 2. The average molecular weight is 250 g/mol. The third-order valence-corrected chi connectivity index (χ3v) is 3.21. The van der Waals surface area contributed by atoms with Gasteiger partial charge in [0.1, 0.15) is 5.82 Å². The molecule has 3 aromatic rings. The van der Waals surface area contributed by atoms with Crippen LogP contribution in [0, 0.1) is 0 Å². The minimum atomic E-state index is -0.375. The van der Waals surface area contributed by atoms with Crippen LogP contribution in [0.3, 0.4) is 0 Å². The Labute approximate surface area is 111 Å². The standard InChI is InChI=1S/C15H14N4/c16-13(12-6-3-8-19-15(12)17)14-11-5-2-1-4-10(11)7-9-18-14/h1-9,13H,16H2,(H2,17,19). The number of hydrogen-bond donors (Lipinski definition) is 2. The first kappa shape index (κ1) is 11.6. The van der Waals surface area contributed by atoms with Crippen molar-refractivity contribution in [3.8, 4) is 0 Å². The molecule has 0 amide bonds. The third-order valence-electron chi connectivity index (χ3n) is 3.21. The Balaban J connectivity index is 2.17. The maximum absolute atomic E-state index is 6.30. The van der Waals surface area contributed by atoms with Gasteiger partial charge in [0.2, 0.25) is 0 Å². The van der Waals surface area contributed by atoms with E-state index in [0.717, 1.165) is 22.0 Å². The SMILES string of the molecule is Nc1ncccc1C(N)c1nccc2ccccc12. The molecule has 0 spiro atoms. The second kappa shape index (κ2) is 4.66. The largest absolute Gasteiger partial charge is 0.383 e. The van der Waals surface area contributed by atoms with Gasteiger partial charge in [-0.05, 0) is 17.5 Å². The van der Waals surface area contributed by atoms with Gasteiger partial charge in [-0.2, -0.15) is 0 Å². The molecule has 0 fully saturated rings. The fourth-order valence-corrected chi connectivity index (χ4v) is 2.23. The van der Waals surface area contributed by atoms with Crippen LogP contribution >= 0.6 is 0 Å². The Hall–Kier alpha value is -2.46. The molecule has 1 unspecified atom stereocenters. The Morgan fingerprint density at radius 3 is 2.58 bits per heavy atom. The molecule has 0 aliphatic rings. The maximum Gasteiger partial charge on any atom is 0.128 e. The Morgan fingerprint density at radius 2 is 1.74 bits per heavy atom. The van der Waals surface area contributed by atoms with Crippen LogP contribution in [0.5, 0.6) is 0 Å². The van der Waals surface area contributed by atoms with Crippen LogP contribution < -0.4 is 11.5 Å². The number of benzene rings is 1. The predicted octanol–water partition coefficient (Wildman–Crippen LogP) is 2.26. The summed E-state index contributed by atoms with van der Waals surface area (Å²) in [5.41, 5.74) is 13.8. The van der Waals surface area contributed by atoms with Gasteiger partial charge in [-0.15, -0.1) is 0 Å². The van der Waals surface area contributed by atoms with Crippen LogP contribution in [0.25, 0.3) is 10.8 Å². The number of anilines is 1. The highest BCUT2D eigenvalue weighted by molar-refractivity contribution is 5.85. The summed E-state index contributed by atoms with van der Waals surface area (Å²) in [5, 5.41) is 2.16. The first-order chi connectivity index (χ1) is 9.27. The van der Waals surface area contributed by atoms with E-state index in [2.05, 4.69) is 9.97 Å². The van der Waals surface area contributed by atoms with Gasteiger partial charge in [0.15, 0.2) is 0 Å². The molecule has 3 rings (SSSR count). The number of pyridine rings is 2. The molecule has 94 valence electrons. The molecule has 0 bridgehead atoms. The molecule has 0 radical (unpaired) electrons. The molecule has 0 saturated carbocycles. The summed E-state index contributed by atoms with van der Waals surface area (Å²) in [7, 11) is 0. The number of aromatic nitrogens is 2. The van der Waals surface area contributed by atoms with E-state index in [4.69, 9.17) is 11.5 Å². The first-order valence-electron chi connectivity index (χ1n) is 6.07. The van der Waals surface area contributed by atoms with Gasteiger partial charge in [-0.25, -0.2) is 4.98 Å². The maximum atomic E-state index is 6.30. The smallest absolute Gasteiger partial charge is 0.128 e. The van der Waals surface area contributed by atoms with Crippen molar-refractivity contribution in [3.63, 3.8) is 0 Å². The van der Waals surface area contributed by atoms with E-state index in [1.165, 1.54) is 0 Å². The van der Waals surface area contributed by atoms with E-state index < -0.39 is 0 Å². The quantitative estimate of drug-likeness (QED) is 0.731. The minimum absolute atomic E-state index is 0.375. The minimum Gasteiger partial charge on any atom is -0.383 e. The molecule has 2 heterocycles. The number of hydrogen-bond acceptors (Lipinski definition) is 4. The van der Waals surface area contributed by atoms with Gasteiger partial charge in [0.05, 0.1) is 11.7 Å². The van der Waals surface area contributed by atoms with Crippen molar-refractivity contribution in [3.05, 3.63) is 66.1 Å². The molecule has 0 aliphatic carbocycles. The van der Waals surface area contributed by atoms with Crippen molar-refractivity contribution in [1.29, 1.82) is 0 Å². The lowest BCUT2D eigenvalue weighted by atomic mass is 10.00. The number of rotatable bonds is 2. The second-order valence-corrected chi connectivity index (χ2v) is 4.37. The summed E-state index contributed by atoms with van der Waals surface area (Å²) >= 11 is 0. The lowest BCUT2D eigenvalue weighted by Gasteiger charge is -2.15. The van der Waals surface area contributed by atoms with Crippen molar-refractivity contribution in [1.82, 2.24) is 9.97 Å². The van der Waals surface area contributed by atoms with E-state index in [1.807, 2.05) is 42.5 Å². The van der Waals surface area contributed by atoms with Crippen molar-refractivity contribution >= 4 is 16.6 Å². The van der Waals surface area contributed by atoms with Crippen LogP contribution in [-0.4, -0.2) is 9.97 Å². The van der Waals surface area contributed by atoms with Crippen LogP contribution in [0.15, 0.2) is 54.9 Å². The molecule has 4 heteroatoms. The zero-order valence-electron chi connectivity index (χ0n) is 10.3. The van der Waals surface area contributed by atoms with Gasteiger partial charge in [-0.3, -0.25) is 4.98 Å². The zero-order chi connectivity index (χ0) is 13.2. The fourth-order valence-electron chi connectivity index (χ4n) is 2.23. The normalized spacial score (nSPS) is 12.5. The zero-order valence-corrected chi connectivity index (χ0v) is 10.3. The van der Waals surface area contributed by atoms with E-state index in [-0.39, 0.29) is 6.04 Å². The van der Waals surface area contributed by atoms with E-state index in [9.17, 15) is 0 Å². The Kier molecular flexibility index (Phi) is 2.85. The monoisotopic (exact) mass is 250 g/mol. The molecule has 1 atom stereocenters. The third kappa shape index (κ3) is 2.02. The Bertz CT molecular complexity index is 719. The van der Waals surface area contributed by atoms with Gasteiger partial charge in [-0.1, -0.05) is 30.3 Å². The number of nitrogens with zero attached hydrogens (tertiary/aromatic N) is 2. The van der Waals surface area contributed by atoms with Crippen molar-refractivity contribution in [2.75, 3.05) is 5.73 Å². The number of fused-ring (bicyclic) bond motifs is 1. The molecule has 4 nitrogen and oxygen atoms in total. The summed E-state index contributed by atoms with van der Waals surface area (Å²) in [6.45, 7) is 0. The highest BCUT2D eigenvalue weighted by atomic mass is 14.9. The topological polar surface area (TPSA) is 77.8 Å². The molecule has 4 N–H and O–H groups in total. The van der Waals surface area contributed by atoms with E-state index in [1.54, 1.807) is 12.4 Å². The van der Waals surface area contributed by atoms with Crippen LogP contribution in [0.2, 0.25) is 0 Å². The summed E-state index contributed by atoms with van der Waals surface area (Å²) in [5.74, 6) is 0.449. The summed E-state index contributed by atoms with van der Waals surface area (Å²) in [6.07, 6.45) is 3.42. The van der Waals surface area contributed by atoms with Crippen molar-refractivity contribution in [2.24, 2.45) is 5.73 Å². The lowest BCUT2D eigenvalue weighted by molar-refractivity contribution is 0.837. The molecule has 1 aromatic carbocycles.